The topological polar surface area (TPSA) is 57.4 Å². The third-order valence-electron chi connectivity index (χ3n) is 3.28. The molecule has 0 radical (unpaired) electrons. The maximum Gasteiger partial charge on any atom is 0.242 e. The number of hydrogen-bond donors (Lipinski definition) is 1. The minimum absolute atomic E-state index is 0.204. The highest BCUT2D eigenvalue weighted by atomic mass is 16.6. The van der Waals surface area contributed by atoms with Crippen molar-refractivity contribution in [1.82, 2.24) is 4.98 Å². The Morgan fingerprint density at radius 3 is 3.05 bits per heavy atom. The second-order valence-corrected chi connectivity index (χ2v) is 5.60. The van der Waals surface area contributed by atoms with Crippen LogP contribution in [-0.2, 0) is 4.74 Å². The zero-order chi connectivity index (χ0) is 14.2. The largest absolute Gasteiger partial charge is 0.483 e. The molecule has 0 amide bonds. The lowest BCUT2D eigenvalue weighted by molar-refractivity contribution is 0.0580. The van der Waals surface area contributed by atoms with E-state index in [0.29, 0.717) is 17.3 Å². The van der Waals surface area contributed by atoms with Gasteiger partial charge in [-0.2, -0.15) is 0 Å². The molecule has 0 saturated heterocycles. The number of pyridine rings is 1. The lowest BCUT2D eigenvalue weighted by atomic mass is 10.0. The van der Waals surface area contributed by atoms with Crippen molar-refractivity contribution in [3.8, 4) is 5.88 Å². The molecular formula is C16H18N2O2. The Morgan fingerprint density at radius 1 is 1.40 bits per heavy atom. The Bertz CT molecular complexity index is 627. The van der Waals surface area contributed by atoms with Crippen LogP contribution in [0.2, 0.25) is 0 Å². The summed E-state index contributed by atoms with van der Waals surface area (Å²) in [5.74, 6) is 1.91. The van der Waals surface area contributed by atoms with E-state index >= 15 is 0 Å². The van der Waals surface area contributed by atoms with Crippen molar-refractivity contribution in [2.24, 2.45) is 0 Å². The van der Waals surface area contributed by atoms with Gasteiger partial charge < -0.3 is 15.2 Å². The van der Waals surface area contributed by atoms with E-state index in [1.807, 2.05) is 6.08 Å². The number of nitrogens with two attached hydrogens (primary N) is 1. The van der Waals surface area contributed by atoms with Gasteiger partial charge in [0.15, 0.2) is 11.5 Å². The van der Waals surface area contributed by atoms with Gasteiger partial charge in [0.05, 0.1) is 5.69 Å². The summed E-state index contributed by atoms with van der Waals surface area (Å²) in [5, 5.41) is 0. The van der Waals surface area contributed by atoms with Gasteiger partial charge in [0.1, 0.15) is 5.60 Å². The Labute approximate surface area is 118 Å². The first-order valence-corrected chi connectivity index (χ1v) is 6.73. The molecule has 4 heteroatoms. The molecule has 2 N–H and O–H groups in total. The van der Waals surface area contributed by atoms with Gasteiger partial charge in [0, 0.05) is 18.2 Å². The van der Waals surface area contributed by atoms with Gasteiger partial charge in [-0.15, -0.1) is 0 Å². The second-order valence-electron chi connectivity index (χ2n) is 5.60. The fourth-order valence-electron chi connectivity index (χ4n) is 2.42. The Kier molecular flexibility index (Phi) is 3.01. The zero-order valence-electron chi connectivity index (χ0n) is 11.7. The Hall–Kier alpha value is -2.23. The van der Waals surface area contributed by atoms with Crippen molar-refractivity contribution >= 4 is 5.69 Å². The van der Waals surface area contributed by atoms with Crippen LogP contribution in [0.3, 0.4) is 0 Å². The summed E-state index contributed by atoms with van der Waals surface area (Å²) in [4.78, 5) is 4.17. The van der Waals surface area contributed by atoms with Crippen LogP contribution in [0.15, 0.2) is 53.6 Å². The number of rotatable bonds is 2. The Morgan fingerprint density at radius 2 is 2.25 bits per heavy atom. The summed E-state index contributed by atoms with van der Waals surface area (Å²) in [7, 11) is 0. The molecule has 2 heterocycles. The first-order valence-electron chi connectivity index (χ1n) is 6.73. The van der Waals surface area contributed by atoms with Crippen molar-refractivity contribution in [2.75, 3.05) is 5.73 Å². The highest BCUT2D eigenvalue weighted by molar-refractivity contribution is 5.49. The molecule has 0 fully saturated rings. The van der Waals surface area contributed by atoms with Gasteiger partial charge in [-0.3, -0.25) is 0 Å². The molecule has 0 aromatic carbocycles. The van der Waals surface area contributed by atoms with E-state index in [2.05, 4.69) is 31.0 Å². The molecule has 0 saturated carbocycles. The third-order valence-corrected chi connectivity index (χ3v) is 3.28. The number of nitrogen functional groups attached to an aromatic ring is 1. The van der Waals surface area contributed by atoms with Gasteiger partial charge in [-0.1, -0.05) is 12.2 Å². The molecular weight excluding hydrogens is 252 g/mol. The quantitative estimate of drug-likeness (QED) is 0.895. The van der Waals surface area contributed by atoms with E-state index in [4.69, 9.17) is 15.2 Å². The van der Waals surface area contributed by atoms with E-state index in [9.17, 15) is 0 Å². The van der Waals surface area contributed by atoms with Gasteiger partial charge >= 0.3 is 0 Å². The predicted octanol–water partition coefficient (Wildman–Crippen LogP) is 3.34. The van der Waals surface area contributed by atoms with Crippen molar-refractivity contribution in [2.45, 2.75) is 32.3 Å². The molecule has 104 valence electrons. The summed E-state index contributed by atoms with van der Waals surface area (Å²) >= 11 is 0. The molecule has 0 bridgehead atoms. The number of allylic oxidation sites excluding steroid dienone is 3. The fraction of sp³-hybridized carbons (Fsp3) is 0.312. The maximum absolute atomic E-state index is 6.02. The number of aromatic nitrogens is 1. The molecule has 1 aromatic heterocycles. The van der Waals surface area contributed by atoms with Gasteiger partial charge in [-0.25, -0.2) is 4.98 Å². The number of nitrogens with zero attached hydrogens (tertiary/aromatic N) is 1. The molecule has 1 aliphatic heterocycles. The minimum Gasteiger partial charge on any atom is -0.483 e. The van der Waals surface area contributed by atoms with E-state index in [1.54, 1.807) is 18.3 Å². The van der Waals surface area contributed by atoms with Crippen LogP contribution in [0.25, 0.3) is 0 Å². The van der Waals surface area contributed by atoms with Crippen LogP contribution in [0.1, 0.15) is 26.7 Å². The van der Waals surface area contributed by atoms with E-state index < -0.39 is 0 Å². The lowest BCUT2D eigenvalue weighted by Crippen LogP contribution is -2.19. The lowest BCUT2D eigenvalue weighted by Gasteiger charge is -2.20. The summed E-state index contributed by atoms with van der Waals surface area (Å²) in [5.41, 5.74) is 7.36. The molecule has 2 aliphatic rings. The third kappa shape index (κ3) is 2.41. The van der Waals surface area contributed by atoms with Crippen LogP contribution < -0.4 is 10.5 Å². The van der Waals surface area contributed by atoms with E-state index in [-0.39, 0.29) is 5.60 Å². The van der Waals surface area contributed by atoms with Crippen molar-refractivity contribution in [3.63, 3.8) is 0 Å². The first-order chi connectivity index (χ1) is 9.55. The standard InChI is InChI=1S/C16H18N2O2/c1-16(2)10-11-6-3-4-8-13(14(11)20-16)19-15-12(17)7-5-9-18-15/h3,5-9H,4,10,17H2,1-2H3. The molecule has 1 aliphatic carbocycles. The van der Waals surface area contributed by atoms with Crippen molar-refractivity contribution < 1.29 is 9.47 Å². The highest BCUT2D eigenvalue weighted by Gasteiger charge is 2.34. The number of ether oxygens (including phenoxy) is 2. The average molecular weight is 270 g/mol. The van der Waals surface area contributed by atoms with Crippen LogP contribution >= 0.6 is 0 Å². The van der Waals surface area contributed by atoms with Crippen LogP contribution in [0.5, 0.6) is 5.88 Å². The van der Waals surface area contributed by atoms with Crippen LogP contribution in [0, 0.1) is 0 Å². The van der Waals surface area contributed by atoms with Crippen LogP contribution in [-0.4, -0.2) is 10.6 Å². The van der Waals surface area contributed by atoms with E-state index in [1.165, 1.54) is 0 Å². The number of hydrogen-bond acceptors (Lipinski definition) is 4. The molecule has 20 heavy (non-hydrogen) atoms. The summed E-state index contributed by atoms with van der Waals surface area (Å²) in [6, 6.07) is 3.55. The molecule has 4 nitrogen and oxygen atoms in total. The monoisotopic (exact) mass is 270 g/mol. The number of anilines is 1. The maximum atomic E-state index is 6.02. The fourth-order valence-corrected chi connectivity index (χ4v) is 2.42. The Balaban J connectivity index is 1.91. The molecule has 0 atom stereocenters. The normalized spacial score (nSPS) is 20.0. The van der Waals surface area contributed by atoms with Gasteiger partial charge in [0.2, 0.25) is 5.88 Å². The first kappa shape index (κ1) is 12.8. The van der Waals surface area contributed by atoms with Crippen molar-refractivity contribution in [1.29, 1.82) is 0 Å². The smallest absolute Gasteiger partial charge is 0.242 e. The van der Waals surface area contributed by atoms with Crippen LogP contribution in [0.4, 0.5) is 5.69 Å². The average Bonchev–Trinajstić information content (AvgIpc) is 2.60. The molecule has 0 spiro atoms. The second kappa shape index (κ2) is 4.71. The molecule has 0 unspecified atom stereocenters. The molecule has 3 rings (SSSR count). The minimum atomic E-state index is -0.204. The zero-order valence-corrected chi connectivity index (χ0v) is 11.7. The van der Waals surface area contributed by atoms with E-state index in [0.717, 1.165) is 24.2 Å². The summed E-state index contributed by atoms with van der Waals surface area (Å²) in [6.07, 6.45) is 9.55. The highest BCUT2D eigenvalue weighted by Crippen LogP contribution is 2.39. The van der Waals surface area contributed by atoms with Crippen molar-refractivity contribution in [3.05, 3.63) is 53.6 Å². The predicted molar refractivity (Wildman–Crippen MR) is 77.9 cm³/mol. The molecule has 1 aromatic rings. The SMILES string of the molecule is CC1(C)CC2=C(O1)C(Oc1ncccc1N)=CCC=C2. The summed E-state index contributed by atoms with van der Waals surface area (Å²) < 4.78 is 11.9. The van der Waals surface area contributed by atoms with Gasteiger partial charge in [0.25, 0.3) is 0 Å². The summed E-state index contributed by atoms with van der Waals surface area (Å²) in [6.45, 7) is 4.14. The van der Waals surface area contributed by atoms with Gasteiger partial charge in [-0.05, 0) is 38.5 Å².